The molecule has 2 aromatic carbocycles. The van der Waals surface area contributed by atoms with Crippen LogP contribution >= 0.6 is 12.8 Å². The first-order chi connectivity index (χ1) is 40.1. The summed E-state index contributed by atoms with van der Waals surface area (Å²) in [5.74, 6) is -5.87. The topological polar surface area (TPSA) is 499 Å². The zero-order valence-electron chi connectivity index (χ0n) is 46.4. The van der Waals surface area contributed by atoms with Gasteiger partial charge in [-0.2, -0.15) is 0 Å². The van der Waals surface area contributed by atoms with E-state index in [0.29, 0.717) is 73.1 Å². The highest BCUT2D eigenvalue weighted by atomic mass is 32.1. The molecule has 15 N–H and O–H groups in total. The molecule has 5 saturated carbocycles. The van der Waals surface area contributed by atoms with Crippen molar-refractivity contribution in [3.8, 4) is 0 Å². The van der Waals surface area contributed by atoms with Gasteiger partial charge in [-0.25, -0.2) is 24.4 Å². The number of imidazole rings is 1. The SMILES string of the molecule is C.C.C.C.C.C.C.C.Cc1nc(N)c2[nH]c(=O)n(CCCCN)c2n1.O=C(O)CC(O)C(=O)C12CC3CC(CC(C3)C1)C2.O=C(O)CC(O)C(=O)NS.O=C(O)CC(O)C(=O)O.O=C(O)CC(O)C(=O)OCc1ccccc1.O=C1CC(C(=O)OCc2ccccc2)C1.[HH]. The predicted molar refractivity (Wildman–Crippen MR) is 355 cm³/mol. The summed E-state index contributed by atoms with van der Waals surface area (Å²) in [6.45, 7) is 3.28. The number of esters is 2. The Morgan fingerprint density at radius 3 is 1.46 bits per heavy atom. The van der Waals surface area contributed by atoms with Crippen LogP contribution in [0.1, 0.15) is 168 Å². The number of aryl methyl sites for hydroxylation is 2. The molecular weight excluding hydrogens is 1240 g/mol. The summed E-state index contributed by atoms with van der Waals surface area (Å²) in [6, 6.07) is 18.4. The number of rotatable bonds is 22. The minimum absolute atomic E-state index is 0. The van der Waals surface area contributed by atoms with E-state index in [1.165, 1.54) is 19.3 Å². The van der Waals surface area contributed by atoms with Crippen molar-refractivity contribution in [2.75, 3.05) is 12.3 Å². The summed E-state index contributed by atoms with van der Waals surface area (Å²) >= 11 is 3.32. The van der Waals surface area contributed by atoms with Crippen LogP contribution in [0.3, 0.4) is 0 Å². The fraction of sp³-hybridized carbons (Fsp3) is 0.571. The van der Waals surface area contributed by atoms with Gasteiger partial charge in [0.05, 0.1) is 31.6 Å². The molecule has 0 aliphatic heterocycles. The van der Waals surface area contributed by atoms with E-state index >= 15 is 0 Å². The van der Waals surface area contributed by atoms with E-state index in [1.54, 1.807) is 35.8 Å². The third-order valence-corrected chi connectivity index (χ3v) is 13.9. The normalized spacial score (nSPS) is 17.5. The highest BCUT2D eigenvalue weighted by molar-refractivity contribution is 7.78. The quantitative estimate of drug-likeness (QED) is 0.0222. The van der Waals surface area contributed by atoms with Crippen LogP contribution in [-0.2, 0) is 77.2 Å². The number of hydrogen-bond donors (Lipinski definition) is 14. The van der Waals surface area contributed by atoms with Gasteiger partial charge in [-0.1, -0.05) is 133 Å². The van der Waals surface area contributed by atoms with Crippen molar-refractivity contribution >= 4 is 89.1 Å². The minimum atomic E-state index is -1.79. The number of carbonyl (C=O) groups excluding carboxylic acids is 5. The smallest absolute Gasteiger partial charge is 0.335 e. The van der Waals surface area contributed by atoms with Gasteiger partial charge in [-0.3, -0.25) is 42.9 Å². The average Bonchev–Trinajstić information content (AvgIpc) is 0.909. The van der Waals surface area contributed by atoms with Crippen LogP contribution in [0.5, 0.6) is 0 Å². The van der Waals surface area contributed by atoms with Crippen LogP contribution in [0.4, 0.5) is 5.82 Å². The van der Waals surface area contributed by atoms with Gasteiger partial charge in [0, 0.05) is 26.2 Å². The molecular formula is C63H107N7O22S. The molecule has 0 spiro atoms. The molecule has 5 aliphatic rings. The second kappa shape index (κ2) is 47.7. The molecule has 5 aliphatic carbocycles. The largest absolute Gasteiger partial charge is 0.481 e. The highest BCUT2D eigenvalue weighted by Crippen LogP contribution is 2.60. The summed E-state index contributed by atoms with van der Waals surface area (Å²) in [5, 5.41) is 76.8. The number of benzene rings is 2. The number of aromatic amines is 1. The maximum atomic E-state index is 12.4. The molecule has 1 amide bonds. The van der Waals surface area contributed by atoms with Gasteiger partial charge < -0.3 is 76.6 Å². The Balaban J connectivity index is -0.000000192. The first-order valence-electron chi connectivity index (χ1n) is 26.7. The van der Waals surface area contributed by atoms with Crippen molar-refractivity contribution in [2.45, 2.75) is 200 Å². The third-order valence-electron chi connectivity index (χ3n) is 13.6. The lowest BCUT2D eigenvalue weighted by Crippen LogP contribution is -2.52. The van der Waals surface area contributed by atoms with Gasteiger partial charge in [0.15, 0.2) is 29.5 Å². The van der Waals surface area contributed by atoms with E-state index < -0.39 is 91.8 Å². The number of nitrogens with one attached hydrogen (secondary N) is 2. The molecule has 532 valence electrons. The fourth-order valence-electron chi connectivity index (χ4n) is 9.97. The standard InChI is InChI=1S/C14H20O4.C12H12O3.C11H12O5.C10H16N6O.C4H7NO4S.C4H6O5.8CH4.H2/c15-11(4-12(16)17)13(18)14-5-8-1-9(6-14)3-10(2-8)7-14;13-11-6-10(7-11)12(14)15-8-9-4-2-1-3-5-9;12-9(6-10(13)14)11(15)16-7-8-4-2-1-3-5-8;1-6-13-8(12)7-9(14-6)16(10(17)15-7)5-3-2-4-11;6-2(1-3(7)8)4(9)5-10;5-2(4(8)9)1-3(6)7;;;;;;;;;/h8-11,15H,1-7H2,(H,16,17);1-5,10H,6-8H2;1-5,9,12H,6-7H2,(H,13,14);2-5,11H2,1H3,(H,15,17)(H2,12,13,14);2,6,10H,1H2,(H,5,9)(H,7,8);2,5H,1H2,(H,6,7)(H,8,9);8*1H4;1H. The number of carbonyl (C=O) groups is 10. The van der Waals surface area contributed by atoms with Crippen LogP contribution in [0.25, 0.3) is 11.2 Å². The van der Waals surface area contributed by atoms with Crippen LogP contribution in [0.15, 0.2) is 65.5 Å². The number of unbranched alkanes of at least 4 members (excludes halogenated alkanes) is 1. The monoisotopic (exact) mass is 1350 g/mol. The number of ether oxygens (including phenoxy) is 2. The Labute approximate surface area is 551 Å². The molecule has 2 heterocycles. The van der Waals surface area contributed by atoms with Crippen molar-refractivity contribution in [3.05, 3.63) is 88.1 Å². The van der Waals surface area contributed by atoms with Crippen LogP contribution in [-0.4, -0.2) is 156 Å². The molecule has 4 bridgehead atoms. The van der Waals surface area contributed by atoms with E-state index in [0.717, 1.165) is 43.2 Å². The van der Waals surface area contributed by atoms with Gasteiger partial charge in [0.1, 0.15) is 42.5 Å². The number of amides is 1. The van der Waals surface area contributed by atoms with Gasteiger partial charge in [0.25, 0.3) is 5.91 Å². The van der Waals surface area contributed by atoms with Crippen molar-refractivity contribution in [3.63, 3.8) is 0 Å². The number of aliphatic carboxylic acids is 5. The number of Topliss-reactive ketones (excluding diaryl/α,β-unsaturated/α-hetero) is 2. The molecule has 5 fully saturated rings. The molecule has 4 unspecified atom stereocenters. The van der Waals surface area contributed by atoms with Gasteiger partial charge in [0.2, 0.25) is 0 Å². The lowest BCUT2D eigenvalue weighted by Gasteiger charge is -2.56. The number of aliphatic hydroxyl groups excluding tert-OH is 4. The van der Waals surface area contributed by atoms with Crippen LogP contribution < -0.4 is 21.9 Å². The Kier molecular flexibility index (Phi) is 49.2. The third kappa shape index (κ3) is 33.3. The maximum Gasteiger partial charge on any atom is 0.335 e. The van der Waals surface area contributed by atoms with E-state index in [-0.39, 0.29) is 102 Å². The summed E-state index contributed by atoms with van der Waals surface area (Å²) < 4.78 is 13.2. The number of carboxylic acids is 5. The van der Waals surface area contributed by atoms with Gasteiger partial charge in [-0.15, -0.1) is 0 Å². The zero-order chi connectivity index (χ0) is 63.6. The maximum absolute atomic E-state index is 12.4. The van der Waals surface area contributed by atoms with E-state index in [4.69, 9.17) is 61.8 Å². The second-order valence-corrected chi connectivity index (χ2v) is 20.8. The molecule has 4 aromatic rings. The number of carboxylic acid groups (broad SMARTS) is 5. The average molecular weight is 1350 g/mol. The number of nitrogens with zero attached hydrogens (tertiary/aromatic N) is 3. The molecule has 29 nitrogen and oxygen atoms in total. The predicted octanol–water partition coefficient (Wildman–Crippen LogP) is 6.66. The number of thiol groups is 1. The lowest BCUT2D eigenvalue weighted by atomic mass is 9.48. The number of nitrogens with two attached hydrogens (primary N) is 2. The molecule has 9 rings (SSSR count). The minimum Gasteiger partial charge on any atom is -0.481 e. The van der Waals surface area contributed by atoms with Crippen molar-refractivity contribution in [1.29, 1.82) is 0 Å². The highest BCUT2D eigenvalue weighted by Gasteiger charge is 2.55. The molecule has 0 saturated heterocycles. The summed E-state index contributed by atoms with van der Waals surface area (Å²) in [4.78, 5) is 129. The summed E-state index contributed by atoms with van der Waals surface area (Å²) in [7, 11) is 0. The molecule has 0 radical (unpaired) electrons. The number of anilines is 1. The number of hydrogen-bond acceptors (Lipinski definition) is 22. The Morgan fingerprint density at radius 2 is 1.06 bits per heavy atom. The molecule has 4 atom stereocenters. The molecule has 93 heavy (non-hydrogen) atoms. The van der Waals surface area contributed by atoms with E-state index in [9.17, 15) is 57.8 Å². The second-order valence-electron chi connectivity index (χ2n) is 20.6. The number of nitrogen functional groups attached to an aromatic ring is 1. The number of aromatic nitrogens is 4. The van der Waals surface area contributed by atoms with Crippen LogP contribution in [0.2, 0.25) is 0 Å². The van der Waals surface area contributed by atoms with Crippen molar-refractivity contribution < 1.29 is 105 Å². The van der Waals surface area contributed by atoms with Gasteiger partial charge in [-0.05, 0) is 93.7 Å². The van der Waals surface area contributed by atoms with Crippen molar-refractivity contribution in [1.82, 2.24) is 24.2 Å². The zero-order valence-corrected chi connectivity index (χ0v) is 47.3. The van der Waals surface area contributed by atoms with Crippen LogP contribution in [0, 0.1) is 36.0 Å². The first kappa shape index (κ1) is 95.9. The van der Waals surface area contributed by atoms with Crippen molar-refractivity contribution in [2.24, 2.45) is 34.8 Å². The Bertz CT molecular complexity index is 2950. The summed E-state index contributed by atoms with van der Waals surface area (Å²) in [5.41, 5.74) is 13.4. The number of ketones is 2. The first-order valence-corrected chi connectivity index (χ1v) is 27.2. The molecule has 30 heteroatoms. The number of aliphatic hydroxyl groups is 4. The Morgan fingerprint density at radius 1 is 0.645 bits per heavy atom. The lowest BCUT2D eigenvalue weighted by molar-refractivity contribution is -0.159. The summed E-state index contributed by atoms with van der Waals surface area (Å²) in [6.07, 6.45) is 0.113. The fourth-order valence-corrected chi connectivity index (χ4v) is 10.1. The Hall–Kier alpha value is -8.16. The van der Waals surface area contributed by atoms with Gasteiger partial charge >= 0.3 is 47.5 Å². The number of H-pyrrole nitrogens is 1. The van der Waals surface area contributed by atoms with E-state index in [1.807, 2.05) is 41.1 Å². The molecule has 2 aromatic heterocycles. The number of fused-ring (bicyclic) bond motifs is 1. The van der Waals surface area contributed by atoms with E-state index in [2.05, 4.69) is 27.8 Å².